The maximum atomic E-state index is 13.2. The first kappa shape index (κ1) is 20.5. The molecule has 0 bridgehead atoms. The van der Waals surface area contributed by atoms with E-state index in [9.17, 15) is 9.18 Å². The SMILES string of the molecule is CC(C)C1CN(C(=O)c2cnn(C(C)C)c2)CCCN1Cc1ccc(F)cc1. The van der Waals surface area contributed by atoms with E-state index in [1.54, 1.807) is 6.20 Å². The summed E-state index contributed by atoms with van der Waals surface area (Å²) < 4.78 is 15.0. The van der Waals surface area contributed by atoms with Crippen LogP contribution in [0.1, 0.15) is 56.1 Å². The summed E-state index contributed by atoms with van der Waals surface area (Å²) in [5.74, 6) is 0.257. The van der Waals surface area contributed by atoms with Crippen LogP contribution in [-0.4, -0.2) is 51.2 Å². The molecule has 1 fully saturated rings. The molecule has 1 saturated heterocycles. The molecule has 0 radical (unpaired) electrons. The number of halogens is 1. The van der Waals surface area contributed by atoms with Crippen molar-refractivity contribution in [2.24, 2.45) is 5.92 Å². The highest BCUT2D eigenvalue weighted by atomic mass is 19.1. The van der Waals surface area contributed by atoms with E-state index in [-0.39, 0.29) is 23.8 Å². The molecular weight excluding hydrogens is 355 g/mol. The Balaban J connectivity index is 1.74. The average Bonchev–Trinajstić information content (AvgIpc) is 3.06. The van der Waals surface area contributed by atoms with Crippen molar-refractivity contribution in [3.8, 4) is 0 Å². The van der Waals surface area contributed by atoms with Crippen LogP contribution >= 0.6 is 0 Å². The molecule has 1 aliphatic heterocycles. The van der Waals surface area contributed by atoms with Crippen molar-refractivity contribution in [3.05, 3.63) is 53.6 Å². The summed E-state index contributed by atoms with van der Waals surface area (Å²) in [7, 11) is 0. The summed E-state index contributed by atoms with van der Waals surface area (Å²) in [6, 6.07) is 7.22. The number of carbonyl (C=O) groups excluding carboxylic acids is 1. The van der Waals surface area contributed by atoms with Gasteiger partial charge in [-0.25, -0.2) is 4.39 Å². The Morgan fingerprint density at radius 2 is 1.89 bits per heavy atom. The van der Waals surface area contributed by atoms with Gasteiger partial charge in [-0.05, 0) is 43.9 Å². The first-order valence-electron chi connectivity index (χ1n) is 10.2. The molecule has 2 heterocycles. The van der Waals surface area contributed by atoms with Gasteiger partial charge in [-0.1, -0.05) is 26.0 Å². The molecule has 1 amide bonds. The van der Waals surface area contributed by atoms with Crippen molar-refractivity contribution < 1.29 is 9.18 Å². The molecule has 1 atom stereocenters. The van der Waals surface area contributed by atoms with Crippen molar-refractivity contribution in [1.82, 2.24) is 19.6 Å². The highest BCUT2D eigenvalue weighted by molar-refractivity contribution is 5.93. The normalized spacial score (nSPS) is 18.7. The zero-order valence-electron chi connectivity index (χ0n) is 17.3. The Bertz CT molecular complexity index is 784. The van der Waals surface area contributed by atoms with E-state index in [0.717, 1.165) is 31.6 Å². The lowest BCUT2D eigenvalue weighted by Crippen LogP contribution is -2.45. The number of carbonyl (C=O) groups is 1. The molecule has 1 unspecified atom stereocenters. The van der Waals surface area contributed by atoms with Gasteiger partial charge in [0.25, 0.3) is 5.91 Å². The molecule has 1 aliphatic rings. The molecule has 28 heavy (non-hydrogen) atoms. The molecule has 152 valence electrons. The van der Waals surface area contributed by atoms with Crippen LogP contribution in [0, 0.1) is 11.7 Å². The predicted octanol–water partition coefficient (Wildman–Crippen LogP) is 3.98. The van der Waals surface area contributed by atoms with Crippen LogP contribution in [0.25, 0.3) is 0 Å². The summed E-state index contributed by atoms with van der Waals surface area (Å²) >= 11 is 0. The summed E-state index contributed by atoms with van der Waals surface area (Å²) in [6.45, 7) is 11.6. The van der Waals surface area contributed by atoms with Crippen LogP contribution < -0.4 is 0 Å². The second-order valence-electron chi connectivity index (χ2n) is 8.32. The Kier molecular flexibility index (Phi) is 6.50. The maximum absolute atomic E-state index is 13.2. The lowest BCUT2D eigenvalue weighted by Gasteiger charge is -2.34. The molecule has 0 N–H and O–H groups in total. The Morgan fingerprint density at radius 3 is 2.50 bits per heavy atom. The van der Waals surface area contributed by atoms with Gasteiger partial charge >= 0.3 is 0 Å². The monoisotopic (exact) mass is 386 g/mol. The van der Waals surface area contributed by atoms with E-state index in [4.69, 9.17) is 0 Å². The van der Waals surface area contributed by atoms with Gasteiger partial charge in [0.15, 0.2) is 0 Å². The van der Waals surface area contributed by atoms with Gasteiger partial charge in [-0.3, -0.25) is 14.4 Å². The second-order valence-corrected chi connectivity index (χ2v) is 8.32. The fraction of sp³-hybridized carbons (Fsp3) is 0.545. The van der Waals surface area contributed by atoms with E-state index in [1.165, 1.54) is 12.1 Å². The molecular formula is C22H31FN4O. The number of hydrogen-bond acceptors (Lipinski definition) is 3. The van der Waals surface area contributed by atoms with Crippen LogP contribution in [0.2, 0.25) is 0 Å². The van der Waals surface area contributed by atoms with Crippen molar-refractivity contribution in [1.29, 1.82) is 0 Å². The minimum atomic E-state index is -0.209. The quantitative estimate of drug-likeness (QED) is 0.781. The molecule has 6 heteroatoms. The Labute approximate surface area is 167 Å². The zero-order chi connectivity index (χ0) is 20.3. The molecule has 0 spiro atoms. The molecule has 1 aromatic carbocycles. The smallest absolute Gasteiger partial charge is 0.257 e. The van der Waals surface area contributed by atoms with E-state index < -0.39 is 0 Å². The van der Waals surface area contributed by atoms with Gasteiger partial charge in [0, 0.05) is 44.5 Å². The second kappa shape index (κ2) is 8.86. The third-order valence-electron chi connectivity index (χ3n) is 5.48. The first-order valence-corrected chi connectivity index (χ1v) is 10.2. The standard InChI is InChI=1S/C22H31FN4O/c1-16(2)21-15-26(22(28)19-12-24-27(14-19)17(3)4)11-5-10-25(21)13-18-6-8-20(23)9-7-18/h6-9,12,14,16-17,21H,5,10-11,13,15H2,1-4H3. The van der Waals surface area contributed by atoms with Crippen LogP contribution in [0.4, 0.5) is 4.39 Å². The van der Waals surface area contributed by atoms with Crippen molar-refractivity contribution in [3.63, 3.8) is 0 Å². The lowest BCUT2D eigenvalue weighted by atomic mass is 10.0. The summed E-state index contributed by atoms with van der Waals surface area (Å²) in [5.41, 5.74) is 1.76. The minimum Gasteiger partial charge on any atom is -0.337 e. The number of amides is 1. The maximum Gasteiger partial charge on any atom is 0.257 e. The van der Waals surface area contributed by atoms with Gasteiger partial charge in [0.1, 0.15) is 5.82 Å². The minimum absolute atomic E-state index is 0.0567. The molecule has 5 nitrogen and oxygen atoms in total. The Hall–Kier alpha value is -2.21. The fourth-order valence-corrected chi connectivity index (χ4v) is 3.81. The summed E-state index contributed by atoms with van der Waals surface area (Å²) in [6.07, 6.45) is 4.45. The van der Waals surface area contributed by atoms with Gasteiger partial charge in [0.2, 0.25) is 0 Å². The number of aromatic nitrogens is 2. The largest absolute Gasteiger partial charge is 0.337 e. The third kappa shape index (κ3) is 4.79. The van der Waals surface area contributed by atoms with Crippen molar-refractivity contribution >= 4 is 5.91 Å². The molecule has 0 aliphatic carbocycles. The van der Waals surface area contributed by atoms with E-state index in [2.05, 4.69) is 37.7 Å². The summed E-state index contributed by atoms with van der Waals surface area (Å²) in [5, 5.41) is 4.32. The average molecular weight is 387 g/mol. The van der Waals surface area contributed by atoms with Gasteiger partial charge in [0.05, 0.1) is 11.8 Å². The number of nitrogens with zero attached hydrogens (tertiary/aromatic N) is 4. The van der Waals surface area contributed by atoms with Gasteiger partial charge in [-0.15, -0.1) is 0 Å². The molecule has 2 aromatic rings. The van der Waals surface area contributed by atoms with Crippen molar-refractivity contribution in [2.45, 2.75) is 52.7 Å². The number of rotatable bonds is 5. The lowest BCUT2D eigenvalue weighted by molar-refractivity contribution is 0.0702. The van der Waals surface area contributed by atoms with E-state index in [1.807, 2.05) is 27.9 Å². The van der Waals surface area contributed by atoms with E-state index in [0.29, 0.717) is 18.0 Å². The van der Waals surface area contributed by atoms with Crippen LogP contribution in [0.5, 0.6) is 0 Å². The zero-order valence-corrected chi connectivity index (χ0v) is 17.3. The first-order chi connectivity index (χ1) is 13.3. The fourth-order valence-electron chi connectivity index (χ4n) is 3.81. The Morgan fingerprint density at radius 1 is 1.18 bits per heavy atom. The highest BCUT2D eigenvalue weighted by Gasteiger charge is 2.30. The van der Waals surface area contributed by atoms with E-state index >= 15 is 0 Å². The van der Waals surface area contributed by atoms with Gasteiger partial charge in [-0.2, -0.15) is 5.10 Å². The van der Waals surface area contributed by atoms with Crippen LogP contribution in [0.15, 0.2) is 36.7 Å². The number of benzene rings is 1. The van der Waals surface area contributed by atoms with Crippen molar-refractivity contribution in [2.75, 3.05) is 19.6 Å². The van der Waals surface area contributed by atoms with Crippen LogP contribution in [0.3, 0.4) is 0 Å². The molecule has 0 saturated carbocycles. The third-order valence-corrected chi connectivity index (χ3v) is 5.48. The summed E-state index contributed by atoms with van der Waals surface area (Å²) in [4.78, 5) is 17.5. The highest BCUT2D eigenvalue weighted by Crippen LogP contribution is 2.21. The van der Waals surface area contributed by atoms with Crippen LogP contribution in [-0.2, 0) is 6.54 Å². The molecule has 3 rings (SSSR count). The van der Waals surface area contributed by atoms with Gasteiger partial charge < -0.3 is 4.90 Å². The number of hydrogen-bond donors (Lipinski definition) is 0. The predicted molar refractivity (Wildman–Crippen MR) is 109 cm³/mol. The molecule has 1 aromatic heterocycles. The topological polar surface area (TPSA) is 41.4 Å².